The largest absolute Gasteiger partial charge is 0.493 e. The smallest absolute Gasteiger partial charge is 0.261 e. The number of ether oxygens (including phenoxy) is 1. The van der Waals surface area contributed by atoms with Gasteiger partial charge in [0.15, 0.2) is 0 Å². The molecule has 0 atom stereocenters. The lowest BCUT2D eigenvalue weighted by Gasteiger charge is -2.09. The molecule has 1 amide bonds. The van der Waals surface area contributed by atoms with E-state index in [0.717, 1.165) is 5.56 Å². The molecule has 0 radical (unpaired) electrons. The number of aromatic nitrogens is 2. The minimum absolute atomic E-state index is 0.0642. The van der Waals surface area contributed by atoms with Crippen molar-refractivity contribution in [2.75, 3.05) is 13.2 Å². The van der Waals surface area contributed by atoms with Gasteiger partial charge in [-0.3, -0.25) is 14.2 Å². The highest BCUT2D eigenvalue weighted by Crippen LogP contribution is 2.17. The Morgan fingerprint density at radius 2 is 2.07 bits per heavy atom. The van der Waals surface area contributed by atoms with E-state index in [9.17, 15) is 9.59 Å². The molecule has 0 aliphatic rings. The Balaban J connectivity index is 1.50. The number of amides is 1. The lowest BCUT2D eigenvalue weighted by molar-refractivity contribution is -0.121. The lowest BCUT2D eigenvalue weighted by atomic mass is 10.1. The number of fused-ring (bicyclic) bond motifs is 1. The highest BCUT2D eigenvalue weighted by Gasteiger charge is 2.09. The van der Waals surface area contributed by atoms with E-state index in [0.29, 0.717) is 41.2 Å². The standard InChI is InChI=1S/C20H20ClN3O3/c1-14-5-2-8-17-19(14)20(26)24(13-23-17)12-18(25)22-9-4-10-27-16-7-3-6-15(21)11-16/h2-3,5-8,11,13H,4,9-10,12H2,1H3,(H,22,25). The third kappa shape index (κ3) is 4.86. The quantitative estimate of drug-likeness (QED) is 0.634. The van der Waals surface area contributed by atoms with Crippen molar-refractivity contribution in [3.63, 3.8) is 0 Å². The molecule has 6 nitrogen and oxygen atoms in total. The van der Waals surface area contributed by atoms with Crippen LogP contribution in [0.1, 0.15) is 12.0 Å². The Morgan fingerprint density at radius 3 is 2.89 bits per heavy atom. The molecule has 0 saturated carbocycles. The number of aryl methyl sites for hydroxylation is 1. The summed E-state index contributed by atoms with van der Waals surface area (Å²) in [5, 5.41) is 3.95. The van der Waals surface area contributed by atoms with Crippen molar-refractivity contribution in [1.29, 1.82) is 0 Å². The monoisotopic (exact) mass is 385 g/mol. The molecule has 0 aliphatic heterocycles. The molecule has 27 heavy (non-hydrogen) atoms. The van der Waals surface area contributed by atoms with Gasteiger partial charge in [0.05, 0.1) is 23.8 Å². The van der Waals surface area contributed by atoms with Crippen LogP contribution in [0.3, 0.4) is 0 Å². The summed E-state index contributed by atoms with van der Waals surface area (Å²) in [6.07, 6.45) is 2.05. The third-order valence-corrected chi connectivity index (χ3v) is 4.32. The highest BCUT2D eigenvalue weighted by atomic mass is 35.5. The molecule has 3 rings (SSSR count). The van der Waals surface area contributed by atoms with Crippen molar-refractivity contribution in [2.45, 2.75) is 19.9 Å². The van der Waals surface area contributed by atoms with Crippen molar-refractivity contribution in [3.8, 4) is 5.75 Å². The average Bonchev–Trinajstić information content (AvgIpc) is 2.64. The van der Waals surface area contributed by atoms with E-state index in [1.807, 2.05) is 31.2 Å². The molecule has 0 bridgehead atoms. The topological polar surface area (TPSA) is 73.2 Å². The second kappa shape index (κ2) is 8.68. The summed E-state index contributed by atoms with van der Waals surface area (Å²) in [5.74, 6) is 0.451. The average molecular weight is 386 g/mol. The zero-order valence-corrected chi connectivity index (χ0v) is 15.7. The van der Waals surface area contributed by atoms with Gasteiger partial charge in [0, 0.05) is 11.6 Å². The van der Waals surface area contributed by atoms with Crippen LogP contribution in [0.4, 0.5) is 0 Å². The summed E-state index contributed by atoms with van der Waals surface area (Å²) in [6, 6.07) is 12.7. The molecular formula is C20H20ClN3O3. The molecule has 2 aromatic carbocycles. The van der Waals surface area contributed by atoms with Gasteiger partial charge in [0.25, 0.3) is 5.56 Å². The van der Waals surface area contributed by atoms with Crippen LogP contribution in [0, 0.1) is 6.92 Å². The minimum atomic E-state index is -0.241. The summed E-state index contributed by atoms with van der Waals surface area (Å²) in [7, 11) is 0. The first-order valence-electron chi connectivity index (χ1n) is 8.64. The molecule has 0 unspecified atom stereocenters. The predicted molar refractivity (Wildman–Crippen MR) is 105 cm³/mol. The van der Waals surface area contributed by atoms with Gasteiger partial charge < -0.3 is 10.1 Å². The number of carbonyl (C=O) groups excluding carboxylic acids is 1. The van der Waals surface area contributed by atoms with E-state index in [1.54, 1.807) is 18.2 Å². The van der Waals surface area contributed by atoms with Crippen molar-refractivity contribution in [2.24, 2.45) is 0 Å². The Labute approximate surface area is 161 Å². The fourth-order valence-corrected chi connectivity index (χ4v) is 2.92. The number of halogens is 1. The Bertz CT molecular complexity index is 1020. The van der Waals surface area contributed by atoms with Crippen LogP contribution >= 0.6 is 11.6 Å². The Kier molecular flexibility index (Phi) is 6.08. The molecule has 0 spiro atoms. The van der Waals surface area contributed by atoms with Crippen LogP contribution in [0.5, 0.6) is 5.75 Å². The molecule has 0 saturated heterocycles. The zero-order chi connectivity index (χ0) is 19.2. The number of benzene rings is 2. The van der Waals surface area contributed by atoms with E-state index in [4.69, 9.17) is 16.3 Å². The maximum atomic E-state index is 12.6. The molecular weight excluding hydrogens is 366 g/mol. The first-order valence-corrected chi connectivity index (χ1v) is 9.02. The second-order valence-corrected chi connectivity index (χ2v) is 6.59. The van der Waals surface area contributed by atoms with Crippen molar-refractivity contribution in [1.82, 2.24) is 14.9 Å². The van der Waals surface area contributed by atoms with Crippen molar-refractivity contribution in [3.05, 3.63) is 69.7 Å². The van der Waals surface area contributed by atoms with Gasteiger partial charge in [0.1, 0.15) is 12.3 Å². The number of hydrogen-bond acceptors (Lipinski definition) is 4. The van der Waals surface area contributed by atoms with Gasteiger partial charge in [-0.1, -0.05) is 29.8 Å². The third-order valence-electron chi connectivity index (χ3n) is 4.08. The number of carbonyl (C=O) groups is 1. The van der Waals surface area contributed by atoms with Crippen LogP contribution in [-0.4, -0.2) is 28.6 Å². The molecule has 1 aromatic heterocycles. The summed E-state index contributed by atoms with van der Waals surface area (Å²) < 4.78 is 6.89. The maximum Gasteiger partial charge on any atom is 0.261 e. The SMILES string of the molecule is Cc1cccc2ncn(CC(=O)NCCCOc3cccc(Cl)c3)c(=O)c12. The number of hydrogen-bond donors (Lipinski definition) is 1. The van der Waals surface area contributed by atoms with Gasteiger partial charge in [-0.2, -0.15) is 0 Å². The van der Waals surface area contributed by atoms with E-state index < -0.39 is 0 Å². The van der Waals surface area contributed by atoms with Crippen molar-refractivity contribution >= 4 is 28.4 Å². The van der Waals surface area contributed by atoms with Crippen molar-refractivity contribution < 1.29 is 9.53 Å². The molecule has 1 N–H and O–H groups in total. The minimum Gasteiger partial charge on any atom is -0.493 e. The predicted octanol–water partition coefficient (Wildman–Crippen LogP) is 2.94. The van der Waals surface area contributed by atoms with E-state index >= 15 is 0 Å². The first kappa shape index (κ1) is 18.9. The Morgan fingerprint density at radius 1 is 1.26 bits per heavy atom. The summed E-state index contributed by atoms with van der Waals surface area (Å²) >= 11 is 5.89. The van der Waals surface area contributed by atoms with Crippen LogP contribution in [-0.2, 0) is 11.3 Å². The van der Waals surface area contributed by atoms with Crippen LogP contribution in [0.2, 0.25) is 5.02 Å². The molecule has 140 valence electrons. The van der Waals surface area contributed by atoms with Crippen LogP contribution in [0.25, 0.3) is 10.9 Å². The molecule has 0 fully saturated rings. The number of rotatable bonds is 7. The van der Waals surface area contributed by atoms with Gasteiger partial charge in [-0.25, -0.2) is 4.98 Å². The fourth-order valence-electron chi connectivity index (χ4n) is 2.74. The number of nitrogens with zero attached hydrogens (tertiary/aromatic N) is 2. The second-order valence-electron chi connectivity index (χ2n) is 6.16. The Hall–Kier alpha value is -2.86. The summed E-state index contributed by atoms with van der Waals surface area (Å²) in [5.41, 5.74) is 1.27. The van der Waals surface area contributed by atoms with Gasteiger partial charge in [-0.15, -0.1) is 0 Å². The lowest BCUT2D eigenvalue weighted by Crippen LogP contribution is -2.33. The van der Waals surface area contributed by atoms with Gasteiger partial charge >= 0.3 is 0 Å². The summed E-state index contributed by atoms with van der Waals surface area (Å²) in [4.78, 5) is 28.9. The summed E-state index contributed by atoms with van der Waals surface area (Å²) in [6.45, 7) is 2.70. The first-order chi connectivity index (χ1) is 13.0. The van der Waals surface area contributed by atoms with E-state index in [2.05, 4.69) is 10.3 Å². The van der Waals surface area contributed by atoms with Crippen LogP contribution < -0.4 is 15.6 Å². The maximum absolute atomic E-state index is 12.6. The molecule has 1 heterocycles. The zero-order valence-electron chi connectivity index (χ0n) is 14.9. The molecule has 0 aliphatic carbocycles. The van der Waals surface area contributed by atoms with Crippen LogP contribution in [0.15, 0.2) is 53.6 Å². The highest BCUT2D eigenvalue weighted by molar-refractivity contribution is 6.30. The fraction of sp³-hybridized carbons (Fsp3) is 0.250. The number of nitrogens with one attached hydrogen (secondary N) is 1. The van der Waals surface area contributed by atoms with Gasteiger partial charge in [0.2, 0.25) is 5.91 Å². The van der Waals surface area contributed by atoms with E-state index in [-0.39, 0.29) is 18.0 Å². The van der Waals surface area contributed by atoms with E-state index in [1.165, 1.54) is 10.9 Å². The van der Waals surface area contributed by atoms with Gasteiger partial charge in [-0.05, 0) is 43.2 Å². The normalized spacial score (nSPS) is 10.7. The molecule has 3 aromatic rings. The molecule has 7 heteroatoms.